The molecule has 0 spiro atoms. The fourth-order valence-corrected chi connectivity index (χ4v) is 7.60. The second-order valence-corrected chi connectivity index (χ2v) is 13.5. The summed E-state index contributed by atoms with van der Waals surface area (Å²) in [5, 5.41) is 12.5. The van der Waals surface area contributed by atoms with Crippen molar-refractivity contribution in [1.29, 1.82) is 0 Å². The molecule has 4 aromatic rings. The van der Waals surface area contributed by atoms with E-state index in [0.29, 0.717) is 12.2 Å². The molecule has 0 fully saturated rings. The molecule has 250 valence electrons. The predicted octanol–water partition coefficient (Wildman–Crippen LogP) is 5.14. The largest absolute Gasteiger partial charge is 0.497 e. The molecule has 0 unspecified atom stereocenters. The van der Waals surface area contributed by atoms with E-state index in [1.54, 1.807) is 24.3 Å². The molecule has 9 nitrogen and oxygen atoms in total. The minimum absolute atomic E-state index is 0.0460. The first kappa shape index (κ1) is 33.4. The van der Waals surface area contributed by atoms with Crippen molar-refractivity contribution in [2.45, 2.75) is 36.5 Å². The molecule has 1 aliphatic carbocycles. The second kappa shape index (κ2) is 14.7. The summed E-state index contributed by atoms with van der Waals surface area (Å²) in [5.41, 5.74) is 6.57. The van der Waals surface area contributed by atoms with Crippen LogP contribution in [0.2, 0.25) is 0 Å². The van der Waals surface area contributed by atoms with Crippen molar-refractivity contribution in [3.8, 4) is 16.9 Å². The molecule has 0 saturated carbocycles. The Morgan fingerprint density at radius 2 is 1.73 bits per heavy atom. The molecule has 0 radical (unpaired) electrons. The molecule has 2 atom stereocenters. The average Bonchev–Trinajstić information content (AvgIpc) is 3.50. The minimum atomic E-state index is -3.94. The number of hydrogen-bond acceptors (Lipinski definition) is 7. The van der Waals surface area contributed by atoms with Crippen LogP contribution in [0.25, 0.3) is 11.1 Å². The van der Waals surface area contributed by atoms with Crippen LogP contribution >= 0.6 is 0 Å². The van der Waals surface area contributed by atoms with Gasteiger partial charge in [0.05, 0.1) is 25.2 Å². The number of carbonyl (C=O) groups is 1. The number of fused-ring (bicyclic) bond motifs is 3. The van der Waals surface area contributed by atoms with Gasteiger partial charge in [-0.2, -0.15) is 4.31 Å². The Labute approximate surface area is 279 Å². The van der Waals surface area contributed by atoms with E-state index >= 15 is 0 Å². The van der Waals surface area contributed by atoms with Gasteiger partial charge in [0.15, 0.2) is 5.76 Å². The van der Waals surface area contributed by atoms with E-state index in [0.717, 1.165) is 27.4 Å². The molecule has 6 rings (SSSR count). The van der Waals surface area contributed by atoms with Gasteiger partial charge in [-0.15, -0.1) is 0 Å². The molecule has 48 heavy (non-hydrogen) atoms. The standard InChI is InChI=1S/C37H37FN2O7S/c1-45-29-13-15-30(16-14-29)48(43,44)40(17-19-41)18-20-46-36-23-27(22-35(47-36)37(42)39-24-25-9-11-28(38)12-10-25)32-7-4-8-33-31-6-3-2-5-26(31)21-34(32)33/h2-16,22,27,36,41H,17-21,23-24H2,1H3,(H,39,42)/t27-,36+/m1/s1. The zero-order valence-corrected chi connectivity index (χ0v) is 27.3. The summed E-state index contributed by atoms with van der Waals surface area (Å²) in [6, 6.07) is 26.4. The highest BCUT2D eigenvalue weighted by Crippen LogP contribution is 2.43. The van der Waals surface area contributed by atoms with Crippen LogP contribution in [0.3, 0.4) is 0 Å². The minimum Gasteiger partial charge on any atom is -0.497 e. The van der Waals surface area contributed by atoms with Crippen molar-refractivity contribution in [2.24, 2.45) is 0 Å². The molecule has 0 aromatic heterocycles. The maximum absolute atomic E-state index is 13.4. The number of amides is 1. The number of aliphatic hydroxyl groups excluding tert-OH is 1. The van der Waals surface area contributed by atoms with Crippen molar-refractivity contribution in [1.82, 2.24) is 9.62 Å². The third-order valence-corrected chi connectivity index (χ3v) is 10.5. The van der Waals surface area contributed by atoms with Gasteiger partial charge in [-0.3, -0.25) is 4.79 Å². The first-order chi connectivity index (χ1) is 23.3. The summed E-state index contributed by atoms with van der Waals surface area (Å²) < 4.78 is 58.7. The Morgan fingerprint density at radius 3 is 2.48 bits per heavy atom. The monoisotopic (exact) mass is 672 g/mol. The van der Waals surface area contributed by atoms with Gasteiger partial charge in [0, 0.05) is 32.0 Å². The summed E-state index contributed by atoms with van der Waals surface area (Å²) in [4.78, 5) is 13.5. The Bertz CT molecular complexity index is 1900. The van der Waals surface area contributed by atoms with Crippen molar-refractivity contribution >= 4 is 15.9 Å². The molecule has 2 aliphatic rings. The summed E-state index contributed by atoms with van der Waals surface area (Å²) in [5.74, 6) is -0.426. The first-order valence-electron chi connectivity index (χ1n) is 15.7. The van der Waals surface area contributed by atoms with Gasteiger partial charge < -0.3 is 24.6 Å². The lowest BCUT2D eigenvalue weighted by Gasteiger charge is -2.31. The number of allylic oxidation sites excluding steroid dienone is 1. The van der Waals surface area contributed by atoms with E-state index in [-0.39, 0.29) is 55.2 Å². The van der Waals surface area contributed by atoms with Crippen molar-refractivity contribution in [3.05, 3.63) is 131 Å². The number of sulfonamides is 1. The molecule has 1 aliphatic heterocycles. The highest BCUT2D eigenvalue weighted by molar-refractivity contribution is 7.89. The van der Waals surface area contributed by atoms with Crippen LogP contribution in [0.15, 0.2) is 108 Å². The Morgan fingerprint density at radius 1 is 0.979 bits per heavy atom. The topological polar surface area (TPSA) is 114 Å². The van der Waals surface area contributed by atoms with Gasteiger partial charge >= 0.3 is 0 Å². The molecule has 2 N–H and O–H groups in total. The van der Waals surface area contributed by atoms with Crippen molar-refractivity contribution < 1.29 is 36.9 Å². The summed E-state index contributed by atoms with van der Waals surface area (Å²) in [6.45, 7) is -0.425. The van der Waals surface area contributed by atoms with Crippen molar-refractivity contribution in [3.63, 3.8) is 0 Å². The van der Waals surface area contributed by atoms with E-state index in [1.807, 2.05) is 24.3 Å². The summed E-state index contributed by atoms with van der Waals surface area (Å²) in [6.07, 6.45) is 2.12. The number of ether oxygens (including phenoxy) is 3. The quantitative estimate of drug-likeness (QED) is 0.178. The SMILES string of the molecule is COc1ccc(S(=O)(=O)N(CCO)CCO[C@@H]2C[C@H](c3cccc4c3Cc3ccccc3-4)C=C(C(=O)NCc3ccc(F)cc3)O2)cc1. The zero-order valence-electron chi connectivity index (χ0n) is 26.5. The van der Waals surface area contributed by atoms with Crippen LogP contribution < -0.4 is 10.1 Å². The van der Waals surface area contributed by atoms with Crippen LogP contribution in [0.1, 0.15) is 34.6 Å². The number of hydrogen-bond donors (Lipinski definition) is 2. The van der Waals surface area contributed by atoms with Gasteiger partial charge in [-0.1, -0.05) is 54.6 Å². The van der Waals surface area contributed by atoms with Crippen LogP contribution in [-0.4, -0.2) is 63.4 Å². The predicted molar refractivity (Wildman–Crippen MR) is 178 cm³/mol. The lowest BCUT2D eigenvalue weighted by Crippen LogP contribution is -2.38. The van der Waals surface area contributed by atoms with Crippen LogP contribution in [-0.2, 0) is 37.3 Å². The molecule has 11 heteroatoms. The third kappa shape index (κ3) is 7.29. The van der Waals surface area contributed by atoms with Gasteiger partial charge in [0.25, 0.3) is 5.91 Å². The van der Waals surface area contributed by atoms with E-state index in [2.05, 4.69) is 29.6 Å². The van der Waals surface area contributed by atoms with Crippen LogP contribution in [0, 0.1) is 5.82 Å². The molecule has 1 heterocycles. The fraction of sp³-hybridized carbons (Fsp3) is 0.270. The third-order valence-electron chi connectivity index (χ3n) is 8.63. The van der Waals surface area contributed by atoms with Crippen LogP contribution in [0.4, 0.5) is 4.39 Å². The average molecular weight is 673 g/mol. The molecular formula is C37H37FN2O7S. The molecule has 0 bridgehead atoms. The Balaban J connectivity index is 1.21. The van der Waals surface area contributed by atoms with Gasteiger partial charge in [-0.25, -0.2) is 12.8 Å². The number of rotatable bonds is 13. The number of carbonyl (C=O) groups excluding carboxylic acids is 1. The van der Waals surface area contributed by atoms with E-state index < -0.39 is 22.2 Å². The highest BCUT2D eigenvalue weighted by Gasteiger charge is 2.32. The number of nitrogens with zero attached hydrogens (tertiary/aromatic N) is 1. The Kier molecular flexibility index (Phi) is 10.2. The Hall–Kier alpha value is -4.55. The van der Waals surface area contributed by atoms with E-state index in [4.69, 9.17) is 14.2 Å². The van der Waals surface area contributed by atoms with E-state index in [9.17, 15) is 22.7 Å². The normalized spacial score (nSPS) is 16.9. The van der Waals surface area contributed by atoms with E-state index in [1.165, 1.54) is 48.1 Å². The maximum atomic E-state index is 13.4. The maximum Gasteiger partial charge on any atom is 0.286 e. The second-order valence-electron chi connectivity index (χ2n) is 11.6. The van der Waals surface area contributed by atoms with Crippen molar-refractivity contribution in [2.75, 3.05) is 33.4 Å². The van der Waals surface area contributed by atoms with Crippen LogP contribution in [0.5, 0.6) is 5.75 Å². The fourth-order valence-electron chi connectivity index (χ4n) is 6.18. The van der Waals surface area contributed by atoms with Gasteiger partial charge in [0.2, 0.25) is 16.3 Å². The number of aliphatic hydroxyl groups is 1. The van der Waals surface area contributed by atoms with Gasteiger partial charge in [0.1, 0.15) is 11.6 Å². The first-order valence-corrected chi connectivity index (χ1v) is 17.2. The smallest absolute Gasteiger partial charge is 0.286 e. The molecular weight excluding hydrogens is 635 g/mol. The molecule has 0 saturated heterocycles. The number of halogens is 1. The molecule has 1 amide bonds. The summed E-state index contributed by atoms with van der Waals surface area (Å²) in [7, 11) is -2.44. The number of nitrogens with one attached hydrogen (secondary N) is 1. The number of methoxy groups -OCH3 is 1. The van der Waals surface area contributed by atoms with Gasteiger partial charge in [-0.05, 0) is 82.3 Å². The summed E-state index contributed by atoms with van der Waals surface area (Å²) >= 11 is 0. The lowest BCUT2D eigenvalue weighted by atomic mass is 9.87. The zero-order chi connectivity index (χ0) is 33.7. The molecule has 4 aromatic carbocycles. The number of benzene rings is 4. The highest BCUT2D eigenvalue weighted by atomic mass is 32.2. The lowest BCUT2D eigenvalue weighted by molar-refractivity contribution is -0.146.